The van der Waals surface area contributed by atoms with Crippen LogP contribution in [-0.2, 0) is 0 Å². The van der Waals surface area contributed by atoms with Crippen LogP contribution in [0.25, 0.3) is 11.3 Å². The first-order valence-corrected chi connectivity index (χ1v) is 12.0. The molecular formula is C24H25Cl3N4. The normalized spacial score (nSPS) is 22.2. The Morgan fingerprint density at radius 1 is 0.774 bits per heavy atom. The number of aromatic nitrogens is 2. The van der Waals surface area contributed by atoms with Crippen LogP contribution in [-0.4, -0.2) is 46.9 Å². The molecule has 0 bridgehead atoms. The van der Waals surface area contributed by atoms with Crippen molar-refractivity contribution in [3.63, 3.8) is 0 Å². The van der Waals surface area contributed by atoms with Gasteiger partial charge in [-0.1, -0.05) is 34.8 Å². The van der Waals surface area contributed by atoms with E-state index in [0.717, 1.165) is 55.3 Å². The van der Waals surface area contributed by atoms with Gasteiger partial charge >= 0.3 is 0 Å². The zero-order valence-electron chi connectivity index (χ0n) is 17.2. The molecule has 1 saturated heterocycles. The second-order valence-electron chi connectivity index (χ2n) is 8.43. The van der Waals surface area contributed by atoms with Crippen LogP contribution < -0.4 is 4.90 Å². The second kappa shape index (κ2) is 9.03. The minimum Gasteiger partial charge on any atom is -0.369 e. The molecule has 0 N–H and O–H groups in total. The van der Waals surface area contributed by atoms with E-state index in [4.69, 9.17) is 39.9 Å². The van der Waals surface area contributed by atoms with Gasteiger partial charge in [-0.05, 0) is 67.8 Å². The van der Waals surface area contributed by atoms with Crippen molar-refractivity contribution in [3.05, 3.63) is 69.8 Å². The van der Waals surface area contributed by atoms with Crippen molar-refractivity contribution in [1.82, 2.24) is 14.7 Å². The number of halogens is 3. The monoisotopic (exact) mass is 474 g/mol. The van der Waals surface area contributed by atoms with Crippen molar-refractivity contribution in [2.75, 3.05) is 31.1 Å². The summed E-state index contributed by atoms with van der Waals surface area (Å²) in [6.45, 7) is 4.32. The average molecular weight is 476 g/mol. The molecule has 1 aromatic heterocycles. The lowest BCUT2D eigenvalue weighted by Gasteiger charge is -2.39. The van der Waals surface area contributed by atoms with Crippen molar-refractivity contribution in [1.29, 1.82) is 0 Å². The van der Waals surface area contributed by atoms with Crippen LogP contribution in [0.4, 0.5) is 5.69 Å². The molecule has 1 aliphatic heterocycles. The van der Waals surface area contributed by atoms with Gasteiger partial charge in [-0.2, -0.15) is 5.10 Å². The van der Waals surface area contributed by atoms with Crippen LogP contribution in [0.15, 0.2) is 54.7 Å². The summed E-state index contributed by atoms with van der Waals surface area (Å²) in [6, 6.07) is 16.9. The van der Waals surface area contributed by atoms with Gasteiger partial charge in [0.2, 0.25) is 0 Å². The van der Waals surface area contributed by atoms with Crippen molar-refractivity contribution in [3.8, 4) is 11.3 Å². The molecule has 162 valence electrons. The van der Waals surface area contributed by atoms with Crippen LogP contribution in [0, 0.1) is 0 Å². The Morgan fingerprint density at radius 2 is 1.48 bits per heavy atom. The van der Waals surface area contributed by atoms with Gasteiger partial charge < -0.3 is 4.90 Å². The van der Waals surface area contributed by atoms with Crippen LogP contribution in [0.2, 0.25) is 15.1 Å². The van der Waals surface area contributed by atoms with Crippen LogP contribution in [0.5, 0.6) is 0 Å². The highest BCUT2D eigenvalue weighted by molar-refractivity contribution is 6.36. The standard InChI is InChI=1S/C24H25Cl3N4/c25-17-1-4-19(5-2-17)29-11-13-30(14-12-29)20-6-7-21(16-20)31-10-9-24(28-31)22-8-3-18(26)15-23(22)27/h1-5,8-10,15,20-21H,6-7,11-14,16H2. The number of hydrogen-bond acceptors (Lipinski definition) is 3. The molecule has 3 aromatic rings. The maximum absolute atomic E-state index is 6.37. The summed E-state index contributed by atoms with van der Waals surface area (Å²) in [5.74, 6) is 0. The Morgan fingerprint density at radius 3 is 2.23 bits per heavy atom. The average Bonchev–Trinajstić information content (AvgIpc) is 3.44. The fourth-order valence-electron chi connectivity index (χ4n) is 4.89. The predicted octanol–water partition coefficient (Wildman–Crippen LogP) is 6.43. The van der Waals surface area contributed by atoms with E-state index in [-0.39, 0.29) is 0 Å². The number of nitrogens with zero attached hydrogens (tertiary/aromatic N) is 4. The smallest absolute Gasteiger partial charge is 0.0938 e. The molecule has 7 heteroatoms. The number of anilines is 1. The third kappa shape index (κ3) is 4.58. The lowest BCUT2D eigenvalue weighted by Crippen LogP contribution is -2.49. The second-order valence-corrected chi connectivity index (χ2v) is 9.71. The first-order valence-electron chi connectivity index (χ1n) is 10.8. The Labute approximate surface area is 198 Å². The Bertz CT molecular complexity index is 1040. The van der Waals surface area contributed by atoms with Gasteiger partial charge in [-0.25, -0.2) is 0 Å². The molecule has 1 aliphatic carbocycles. The van der Waals surface area contributed by atoms with Gasteiger partial charge in [0, 0.05) is 59.7 Å². The van der Waals surface area contributed by atoms with Gasteiger partial charge in [-0.15, -0.1) is 0 Å². The quantitative estimate of drug-likeness (QED) is 0.435. The molecule has 2 heterocycles. The first kappa shape index (κ1) is 21.1. The zero-order valence-corrected chi connectivity index (χ0v) is 19.5. The molecule has 2 fully saturated rings. The molecule has 4 nitrogen and oxygen atoms in total. The van der Waals surface area contributed by atoms with Crippen molar-refractivity contribution in [2.45, 2.75) is 31.3 Å². The van der Waals surface area contributed by atoms with Crippen molar-refractivity contribution < 1.29 is 0 Å². The molecule has 2 atom stereocenters. The third-order valence-electron chi connectivity index (χ3n) is 6.59. The number of piperazine rings is 1. The highest BCUT2D eigenvalue weighted by Gasteiger charge is 2.32. The van der Waals surface area contributed by atoms with E-state index in [0.29, 0.717) is 22.1 Å². The fourth-order valence-corrected chi connectivity index (χ4v) is 5.52. The predicted molar refractivity (Wildman–Crippen MR) is 130 cm³/mol. The SMILES string of the molecule is Clc1ccc(N2CCN(C3CCC(n4ccc(-c5ccc(Cl)cc5Cl)n4)C3)CC2)cc1. The Hall–Kier alpha value is -1.72. The highest BCUT2D eigenvalue weighted by Crippen LogP contribution is 2.35. The lowest BCUT2D eigenvalue weighted by molar-refractivity contribution is 0.183. The summed E-state index contributed by atoms with van der Waals surface area (Å²) < 4.78 is 2.13. The largest absolute Gasteiger partial charge is 0.369 e. The summed E-state index contributed by atoms with van der Waals surface area (Å²) >= 11 is 18.4. The molecule has 2 unspecified atom stereocenters. The summed E-state index contributed by atoms with van der Waals surface area (Å²) in [5.41, 5.74) is 3.10. The third-order valence-corrected chi connectivity index (χ3v) is 7.39. The van der Waals surface area contributed by atoms with Crippen molar-refractivity contribution in [2.24, 2.45) is 0 Å². The van der Waals surface area contributed by atoms with E-state index in [2.05, 4.69) is 32.8 Å². The number of benzene rings is 2. The number of hydrogen-bond donors (Lipinski definition) is 0. The van der Waals surface area contributed by atoms with E-state index in [9.17, 15) is 0 Å². The molecule has 5 rings (SSSR count). The van der Waals surface area contributed by atoms with E-state index in [1.165, 1.54) is 12.1 Å². The van der Waals surface area contributed by atoms with Crippen LogP contribution >= 0.6 is 34.8 Å². The Kier molecular flexibility index (Phi) is 6.16. The van der Waals surface area contributed by atoms with Crippen LogP contribution in [0.1, 0.15) is 25.3 Å². The minimum absolute atomic E-state index is 0.444. The lowest BCUT2D eigenvalue weighted by atomic mass is 10.1. The van der Waals surface area contributed by atoms with Crippen LogP contribution in [0.3, 0.4) is 0 Å². The molecule has 2 aromatic carbocycles. The zero-order chi connectivity index (χ0) is 21.4. The van der Waals surface area contributed by atoms with E-state index in [1.807, 2.05) is 30.3 Å². The molecule has 0 amide bonds. The van der Waals surface area contributed by atoms with Gasteiger partial charge in [0.25, 0.3) is 0 Å². The van der Waals surface area contributed by atoms with Gasteiger partial charge in [0.15, 0.2) is 0 Å². The number of rotatable bonds is 4. The molecule has 2 aliphatic rings. The van der Waals surface area contributed by atoms with E-state index in [1.54, 1.807) is 6.07 Å². The fraction of sp³-hybridized carbons (Fsp3) is 0.375. The molecule has 1 saturated carbocycles. The molecular weight excluding hydrogens is 451 g/mol. The first-order chi connectivity index (χ1) is 15.1. The van der Waals surface area contributed by atoms with Gasteiger partial charge in [0.05, 0.1) is 16.8 Å². The van der Waals surface area contributed by atoms with Crippen molar-refractivity contribution >= 4 is 40.5 Å². The summed E-state index contributed by atoms with van der Waals surface area (Å²) in [7, 11) is 0. The maximum atomic E-state index is 6.37. The summed E-state index contributed by atoms with van der Waals surface area (Å²) in [4.78, 5) is 5.11. The van der Waals surface area contributed by atoms with E-state index < -0.39 is 0 Å². The maximum Gasteiger partial charge on any atom is 0.0938 e. The molecule has 0 radical (unpaired) electrons. The van der Waals surface area contributed by atoms with Gasteiger partial charge in [0.1, 0.15) is 0 Å². The summed E-state index contributed by atoms with van der Waals surface area (Å²) in [5, 5.41) is 6.92. The van der Waals surface area contributed by atoms with E-state index >= 15 is 0 Å². The molecule has 31 heavy (non-hydrogen) atoms. The highest BCUT2D eigenvalue weighted by atomic mass is 35.5. The van der Waals surface area contributed by atoms with Gasteiger partial charge in [-0.3, -0.25) is 9.58 Å². The Balaban J connectivity index is 1.19. The molecule has 0 spiro atoms. The topological polar surface area (TPSA) is 24.3 Å². The summed E-state index contributed by atoms with van der Waals surface area (Å²) in [6.07, 6.45) is 5.63. The minimum atomic E-state index is 0.444.